The van der Waals surface area contributed by atoms with Crippen molar-refractivity contribution in [1.82, 2.24) is 9.71 Å². The molecule has 34 heavy (non-hydrogen) atoms. The molecule has 2 aromatic rings. The zero-order chi connectivity index (χ0) is 25.3. The molecule has 0 radical (unpaired) electrons. The summed E-state index contributed by atoms with van der Waals surface area (Å²) in [6.45, 7) is 2.40. The Morgan fingerprint density at radius 1 is 1.00 bits per heavy atom. The highest BCUT2D eigenvalue weighted by molar-refractivity contribution is 7.90. The lowest BCUT2D eigenvalue weighted by Crippen LogP contribution is -2.60. The number of pyridine rings is 1. The van der Waals surface area contributed by atoms with Crippen molar-refractivity contribution in [3.05, 3.63) is 47.4 Å². The Hall–Kier alpha value is -2.09. The van der Waals surface area contributed by atoms with Gasteiger partial charge in [-0.25, -0.2) is 9.37 Å². The molecular weight excluding hydrogens is 493 g/mol. The second-order valence-electron chi connectivity index (χ2n) is 9.03. The maximum Gasteiger partial charge on any atom is 0.425 e. The zero-order valence-corrected chi connectivity index (χ0v) is 18.8. The quantitative estimate of drug-likeness (QED) is 0.360. The van der Waals surface area contributed by atoms with Gasteiger partial charge in [0.15, 0.2) is 5.75 Å². The van der Waals surface area contributed by atoms with Crippen molar-refractivity contribution in [3.8, 4) is 17.0 Å². The molecule has 1 N–H and O–H groups in total. The van der Waals surface area contributed by atoms with Gasteiger partial charge in [0.1, 0.15) is 22.9 Å². The molecule has 1 saturated heterocycles. The molecule has 0 bridgehead atoms. The van der Waals surface area contributed by atoms with Gasteiger partial charge in [0.05, 0.1) is 12.3 Å². The van der Waals surface area contributed by atoms with E-state index in [9.17, 15) is 35.3 Å². The van der Waals surface area contributed by atoms with E-state index in [0.29, 0.717) is 6.07 Å². The van der Waals surface area contributed by atoms with Gasteiger partial charge in [-0.1, -0.05) is 0 Å². The van der Waals surface area contributed by atoms with E-state index in [4.69, 9.17) is 4.74 Å². The average molecular weight is 512 g/mol. The van der Waals surface area contributed by atoms with Crippen LogP contribution in [0.1, 0.15) is 32.0 Å². The normalized spacial score (nSPS) is 25.6. The number of ether oxygens (including phenoxy) is 2. The van der Waals surface area contributed by atoms with Crippen molar-refractivity contribution in [2.75, 3.05) is 13.2 Å². The number of fused-ring (bicyclic) bond motifs is 1. The predicted octanol–water partition coefficient (Wildman–Crippen LogP) is 4.88. The lowest BCUT2D eigenvalue weighted by Gasteiger charge is -2.35. The van der Waals surface area contributed by atoms with Crippen LogP contribution < -0.4 is 9.46 Å². The molecule has 1 aromatic heterocycles. The predicted molar refractivity (Wildman–Crippen MR) is 108 cm³/mol. The van der Waals surface area contributed by atoms with Gasteiger partial charge in [-0.3, -0.25) is 0 Å². The van der Waals surface area contributed by atoms with Crippen molar-refractivity contribution in [2.45, 2.75) is 49.0 Å². The highest BCUT2D eigenvalue weighted by atomic mass is 32.2. The average Bonchev–Trinajstić information content (AvgIpc) is 3.45. The maximum atomic E-state index is 14.5. The third-order valence-electron chi connectivity index (χ3n) is 5.60. The fraction of sp³-hybridized carbons (Fsp3) is 0.476. The Kier molecular flexibility index (Phi) is 5.67. The van der Waals surface area contributed by atoms with Gasteiger partial charge in [-0.15, -0.1) is 4.72 Å². The highest BCUT2D eigenvalue weighted by Crippen LogP contribution is 2.56. The van der Waals surface area contributed by atoms with E-state index in [0.717, 1.165) is 24.3 Å². The number of nitrogens with one attached hydrogen (secondary N) is 1. The topological polar surface area (TPSA) is 69.7 Å². The number of nitrogens with zero attached hydrogens (tertiary/aromatic N) is 1. The van der Waals surface area contributed by atoms with E-state index in [1.54, 1.807) is 0 Å². The summed E-state index contributed by atoms with van der Waals surface area (Å²) < 4.78 is 122. The summed E-state index contributed by atoms with van der Waals surface area (Å²) >= 11 is -2.28. The first-order chi connectivity index (χ1) is 15.5. The van der Waals surface area contributed by atoms with Crippen LogP contribution >= 0.6 is 0 Å². The molecule has 3 atom stereocenters. The first-order valence-corrected chi connectivity index (χ1v) is 11.1. The van der Waals surface area contributed by atoms with E-state index in [-0.39, 0.29) is 11.3 Å². The number of benzene rings is 1. The van der Waals surface area contributed by atoms with Crippen LogP contribution in [0.3, 0.4) is 0 Å². The third-order valence-corrected chi connectivity index (χ3v) is 7.24. The van der Waals surface area contributed by atoms with E-state index in [1.165, 1.54) is 20.8 Å². The molecule has 1 fully saturated rings. The van der Waals surface area contributed by atoms with Crippen LogP contribution in [-0.4, -0.2) is 39.9 Å². The van der Waals surface area contributed by atoms with Gasteiger partial charge >= 0.3 is 12.4 Å². The molecular formula is C21H19F7N2O3S. The number of hydrogen-bond donors (Lipinski definition) is 1. The highest BCUT2D eigenvalue weighted by Gasteiger charge is 2.70. The lowest BCUT2D eigenvalue weighted by molar-refractivity contribution is -0.196. The molecule has 2 aliphatic heterocycles. The number of alkyl halides is 6. The molecule has 13 heteroatoms. The first-order valence-electron chi connectivity index (χ1n) is 9.94. The van der Waals surface area contributed by atoms with Crippen LogP contribution in [0, 0.1) is 5.82 Å². The Balaban J connectivity index is 1.98. The Morgan fingerprint density at radius 3 is 2.06 bits per heavy atom. The summed E-state index contributed by atoms with van der Waals surface area (Å²) in [5.41, 5.74) is -7.80. The number of epoxide rings is 1. The van der Waals surface area contributed by atoms with Gasteiger partial charge in [0, 0.05) is 22.5 Å². The number of rotatable bonds is 4. The van der Waals surface area contributed by atoms with E-state index in [2.05, 4.69) is 14.4 Å². The zero-order valence-electron chi connectivity index (χ0n) is 18.0. The van der Waals surface area contributed by atoms with Crippen LogP contribution in [0.15, 0.2) is 30.3 Å². The van der Waals surface area contributed by atoms with Crippen molar-refractivity contribution in [1.29, 1.82) is 0 Å². The van der Waals surface area contributed by atoms with Gasteiger partial charge in [-0.2, -0.15) is 26.3 Å². The van der Waals surface area contributed by atoms with Crippen LogP contribution in [0.25, 0.3) is 11.3 Å². The Morgan fingerprint density at radius 2 is 1.59 bits per heavy atom. The second kappa shape index (κ2) is 7.70. The summed E-state index contributed by atoms with van der Waals surface area (Å²) in [5.74, 6) is -1.11. The van der Waals surface area contributed by atoms with Gasteiger partial charge in [0.25, 0.3) is 0 Å². The van der Waals surface area contributed by atoms with E-state index in [1.807, 2.05) is 0 Å². The summed E-state index contributed by atoms with van der Waals surface area (Å²) in [6.07, 6.45) is -10.1. The van der Waals surface area contributed by atoms with Crippen molar-refractivity contribution in [2.24, 2.45) is 0 Å². The molecule has 0 saturated carbocycles. The molecule has 2 aliphatic rings. The molecule has 1 unspecified atom stereocenters. The molecule has 1 aromatic carbocycles. The van der Waals surface area contributed by atoms with Crippen LogP contribution in [0.4, 0.5) is 30.7 Å². The monoisotopic (exact) mass is 512 g/mol. The molecule has 3 heterocycles. The van der Waals surface area contributed by atoms with Crippen LogP contribution in [0.5, 0.6) is 5.75 Å². The maximum absolute atomic E-state index is 14.5. The van der Waals surface area contributed by atoms with Gasteiger partial charge in [0.2, 0.25) is 11.1 Å². The standard InChI is InChI=1S/C21H19F7N2O3S/c1-17(2,3)34(31)30-18(20(23,24)25)9-32-16-13(18)8-14(19(10-33-19)21(26,27)28)29-15(16)11-4-6-12(22)7-5-11/h4-8,30H,9-10H2,1-3H3/t18-,19-,34?/m0/s1. The fourth-order valence-electron chi connectivity index (χ4n) is 3.48. The van der Waals surface area contributed by atoms with E-state index >= 15 is 0 Å². The first kappa shape index (κ1) is 25.0. The Labute approximate surface area is 193 Å². The summed E-state index contributed by atoms with van der Waals surface area (Å²) in [6, 6.07) is 4.93. The number of halogens is 7. The molecule has 4 rings (SSSR count). The molecule has 186 valence electrons. The largest absolute Gasteiger partial charge is 0.598 e. The van der Waals surface area contributed by atoms with Crippen LogP contribution in [0.2, 0.25) is 0 Å². The Bertz CT molecular complexity index is 1100. The number of hydrogen-bond acceptors (Lipinski definition) is 5. The van der Waals surface area contributed by atoms with Crippen molar-refractivity contribution in [3.63, 3.8) is 0 Å². The smallest absolute Gasteiger partial charge is 0.425 e. The van der Waals surface area contributed by atoms with Crippen LogP contribution in [-0.2, 0) is 27.2 Å². The minimum absolute atomic E-state index is 0.0346. The minimum Gasteiger partial charge on any atom is -0.598 e. The second-order valence-corrected chi connectivity index (χ2v) is 11.0. The van der Waals surface area contributed by atoms with Gasteiger partial charge in [-0.05, 0) is 51.1 Å². The van der Waals surface area contributed by atoms with Crippen molar-refractivity contribution >= 4 is 11.4 Å². The van der Waals surface area contributed by atoms with E-state index < -0.39 is 75.6 Å². The molecule has 0 amide bonds. The lowest BCUT2D eigenvalue weighted by atomic mass is 9.89. The molecule has 5 nitrogen and oxygen atoms in total. The SMILES string of the molecule is CC(C)(C)[S+]([O-])N[C@@]1(C(F)(F)F)COc2c1cc([C@]1(C(F)(F)F)CO1)nc2-c1ccc(F)cc1. The minimum atomic E-state index is -5.12. The molecule has 0 spiro atoms. The fourth-order valence-corrected chi connectivity index (χ4v) is 4.39. The summed E-state index contributed by atoms with van der Waals surface area (Å²) in [4.78, 5) is 3.96. The summed E-state index contributed by atoms with van der Waals surface area (Å²) in [5, 5.41) is 0. The van der Waals surface area contributed by atoms with Crippen molar-refractivity contribution < 1.29 is 44.8 Å². The molecule has 0 aliphatic carbocycles. The number of aromatic nitrogens is 1. The third kappa shape index (κ3) is 3.91. The van der Waals surface area contributed by atoms with Gasteiger partial charge < -0.3 is 14.0 Å². The summed E-state index contributed by atoms with van der Waals surface area (Å²) in [7, 11) is 0.